The van der Waals surface area contributed by atoms with Crippen molar-refractivity contribution in [2.24, 2.45) is 0 Å². The largest absolute Gasteiger partial charge is 0.477 e. The van der Waals surface area contributed by atoms with Gasteiger partial charge in [0.1, 0.15) is 11.5 Å². The lowest BCUT2D eigenvalue weighted by atomic mass is 9.96. The molecule has 2 aromatic heterocycles. The molecular weight excluding hydrogens is 340 g/mol. The first kappa shape index (κ1) is 17.3. The topological polar surface area (TPSA) is 71.2 Å². The smallest absolute Gasteiger partial charge is 0.354 e. The number of pyridine rings is 1. The van der Waals surface area contributed by atoms with Gasteiger partial charge in [-0.3, -0.25) is 0 Å². The molecule has 0 spiro atoms. The van der Waals surface area contributed by atoms with Gasteiger partial charge in [-0.15, -0.1) is 0 Å². The molecule has 6 heteroatoms. The molecule has 1 aromatic carbocycles. The Morgan fingerprint density at radius 3 is 2.81 bits per heavy atom. The molecule has 1 atom stereocenters. The Morgan fingerprint density at radius 2 is 2.00 bits per heavy atom. The van der Waals surface area contributed by atoms with E-state index in [1.165, 1.54) is 5.56 Å². The molecule has 0 unspecified atom stereocenters. The zero-order chi connectivity index (χ0) is 18.6. The van der Waals surface area contributed by atoms with Crippen molar-refractivity contribution in [3.05, 3.63) is 78.1 Å². The summed E-state index contributed by atoms with van der Waals surface area (Å²) in [6.45, 7) is 2.55. The maximum absolute atomic E-state index is 11.2. The number of carbonyl (C=O) groups is 1. The number of aromatic carboxylic acids is 1. The van der Waals surface area contributed by atoms with Crippen molar-refractivity contribution in [3.63, 3.8) is 0 Å². The predicted octanol–water partition coefficient (Wildman–Crippen LogP) is 3.41. The van der Waals surface area contributed by atoms with Crippen LogP contribution in [0.4, 0.5) is 5.69 Å². The summed E-state index contributed by atoms with van der Waals surface area (Å²) in [5.41, 5.74) is 2.25. The van der Waals surface area contributed by atoms with E-state index in [0.717, 1.165) is 44.0 Å². The highest BCUT2D eigenvalue weighted by Crippen LogP contribution is 2.29. The van der Waals surface area contributed by atoms with Gasteiger partial charge in [-0.25, -0.2) is 14.8 Å². The molecule has 1 aliphatic rings. The molecule has 3 aromatic rings. The Hall–Kier alpha value is -3.15. The molecular formula is C21H22N4O2. The number of imidazole rings is 1. The summed E-state index contributed by atoms with van der Waals surface area (Å²) in [5.74, 6) is 0.416. The van der Waals surface area contributed by atoms with Gasteiger partial charge < -0.3 is 14.6 Å². The van der Waals surface area contributed by atoms with E-state index in [4.69, 9.17) is 0 Å². The minimum Gasteiger partial charge on any atom is -0.477 e. The van der Waals surface area contributed by atoms with Gasteiger partial charge in [-0.1, -0.05) is 30.3 Å². The predicted molar refractivity (Wildman–Crippen MR) is 103 cm³/mol. The minimum absolute atomic E-state index is 0.0835. The fourth-order valence-electron chi connectivity index (χ4n) is 3.75. The van der Waals surface area contributed by atoms with Gasteiger partial charge in [0.05, 0.1) is 0 Å². The summed E-state index contributed by atoms with van der Waals surface area (Å²) in [6.07, 6.45) is 7.61. The normalized spacial score (nSPS) is 17.0. The summed E-state index contributed by atoms with van der Waals surface area (Å²) in [5, 5.41) is 9.19. The number of aromatic nitrogens is 3. The van der Waals surface area contributed by atoms with Gasteiger partial charge in [0.25, 0.3) is 0 Å². The second-order valence-electron chi connectivity index (χ2n) is 6.89. The zero-order valence-electron chi connectivity index (χ0n) is 15.0. The molecule has 0 radical (unpaired) electrons. The van der Waals surface area contributed by atoms with Crippen LogP contribution in [-0.2, 0) is 6.54 Å². The van der Waals surface area contributed by atoms with E-state index in [9.17, 15) is 9.90 Å². The molecule has 0 amide bonds. The second kappa shape index (κ2) is 7.61. The standard InChI is InChI=1S/C21H22N4O2/c26-21(27)19-13-18(8-9-22-19)24-11-4-7-17(15-24)20-23-10-12-25(20)14-16-5-2-1-3-6-16/h1-3,5-6,8-10,12-13,17H,4,7,11,14-15H2,(H,26,27)/t17-/m1/s1. The van der Waals surface area contributed by atoms with Crippen LogP contribution in [0.3, 0.4) is 0 Å². The zero-order valence-corrected chi connectivity index (χ0v) is 15.0. The quantitative estimate of drug-likeness (QED) is 0.753. The fourth-order valence-corrected chi connectivity index (χ4v) is 3.75. The van der Waals surface area contributed by atoms with E-state index < -0.39 is 5.97 Å². The van der Waals surface area contributed by atoms with Crippen LogP contribution in [0.2, 0.25) is 0 Å². The highest BCUT2D eigenvalue weighted by molar-refractivity contribution is 5.86. The van der Waals surface area contributed by atoms with Gasteiger partial charge in [-0.2, -0.15) is 0 Å². The first-order valence-electron chi connectivity index (χ1n) is 9.20. The number of hydrogen-bond donors (Lipinski definition) is 1. The third kappa shape index (κ3) is 3.84. The van der Waals surface area contributed by atoms with Crippen LogP contribution in [0.15, 0.2) is 61.1 Å². The van der Waals surface area contributed by atoms with Crippen molar-refractivity contribution < 1.29 is 9.90 Å². The van der Waals surface area contributed by atoms with Crippen LogP contribution in [0.25, 0.3) is 0 Å². The van der Waals surface area contributed by atoms with Crippen LogP contribution in [-0.4, -0.2) is 38.7 Å². The van der Waals surface area contributed by atoms with Gasteiger partial charge in [0.2, 0.25) is 0 Å². The van der Waals surface area contributed by atoms with E-state index >= 15 is 0 Å². The van der Waals surface area contributed by atoms with Crippen LogP contribution >= 0.6 is 0 Å². The lowest BCUT2D eigenvalue weighted by molar-refractivity contribution is 0.0690. The third-order valence-corrected chi connectivity index (χ3v) is 5.06. The lowest BCUT2D eigenvalue weighted by Gasteiger charge is -2.34. The van der Waals surface area contributed by atoms with Crippen molar-refractivity contribution >= 4 is 11.7 Å². The fraction of sp³-hybridized carbons (Fsp3) is 0.286. The maximum Gasteiger partial charge on any atom is 0.354 e. The Bertz CT molecular complexity index is 923. The molecule has 1 N–H and O–H groups in total. The van der Waals surface area contributed by atoms with Gasteiger partial charge in [-0.05, 0) is 30.5 Å². The summed E-state index contributed by atoms with van der Waals surface area (Å²) in [6, 6.07) is 13.9. The van der Waals surface area contributed by atoms with Crippen LogP contribution in [0.1, 0.15) is 40.6 Å². The number of benzene rings is 1. The third-order valence-electron chi connectivity index (χ3n) is 5.06. The van der Waals surface area contributed by atoms with Gasteiger partial charge in [0, 0.05) is 49.8 Å². The van der Waals surface area contributed by atoms with Crippen LogP contribution < -0.4 is 4.90 Å². The average molecular weight is 362 g/mol. The molecule has 0 bridgehead atoms. The molecule has 3 heterocycles. The van der Waals surface area contributed by atoms with E-state index in [1.807, 2.05) is 24.5 Å². The Morgan fingerprint density at radius 1 is 1.15 bits per heavy atom. The first-order valence-corrected chi connectivity index (χ1v) is 9.20. The summed E-state index contributed by atoms with van der Waals surface area (Å²) < 4.78 is 2.22. The Kier molecular flexibility index (Phi) is 4.87. The van der Waals surface area contributed by atoms with Gasteiger partial charge >= 0.3 is 5.97 Å². The van der Waals surface area contributed by atoms with Crippen LogP contribution in [0, 0.1) is 0 Å². The molecule has 1 fully saturated rings. The molecule has 1 aliphatic heterocycles. The number of anilines is 1. The molecule has 27 heavy (non-hydrogen) atoms. The maximum atomic E-state index is 11.2. The highest BCUT2D eigenvalue weighted by atomic mass is 16.4. The number of carboxylic acids is 1. The number of hydrogen-bond acceptors (Lipinski definition) is 4. The number of carboxylic acid groups (broad SMARTS) is 1. The Balaban J connectivity index is 1.53. The van der Waals surface area contributed by atoms with Crippen LogP contribution in [0.5, 0.6) is 0 Å². The molecule has 0 aliphatic carbocycles. The highest BCUT2D eigenvalue weighted by Gasteiger charge is 2.25. The van der Waals surface area contributed by atoms with Gasteiger partial charge in [0.15, 0.2) is 0 Å². The van der Waals surface area contributed by atoms with Crippen molar-refractivity contribution in [3.8, 4) is 0 Å². The van der Waals surface area contributed by atoms with Crippen molar-refractivity contribution in [2.75, 3.05) is 18.0 Å². The Labute approximate surface area is 158 Å². The van der Waals surface area contributed by atoms with Crippen molar-refractivity contribution in [1.29, 1.82) is 0 Å². The summed E-state index contributed by atoms with van der Waals surface area (Å²) in [4.78, 5) is 22.0. The summed E-state index contributed by atoms with van der Waals surface area (Å²) in [7, 11) is 0. The molecule has 1 saturated heterocycles. The number of rotatable bonds is 5. The minimum atomic E-state index is -0.996. The van der Waals surface area contributed by atoms with E-state index in [2.05, 4.69) is 43.7 Å². The molecule has 138 valence electrons. The van der Waals surface area contributed by atoms with Crippen molar-refractivity contribution in [1.82, 2.24) is 14.5 Å². The summed E-state index contributed by atoms with van der Waals surface area (Å²) >= 11 is 0. The van der Waals surface area contributed by atoms with E-state index in [1.54, 1.807) is 12.3 Å². The lowest BCUT2D eigenvalue weighted by Crippen LogP contribution is -2.35. The SMILES string of the molecule is O=C(O)c1cc(N2CCC[C@@H](c3nccn3Cc3ccccc3)C2)ccn1. The number of nitrogens with zero attached hydrogens (tertiary/aromatic N) is 4. The molecule has 4 rings (SSSR count). The monoisotopic (exact) mass is 362 g/mol. The van der Waals surface area contributed by atoms with Crippen molar-refractivity contribution in [2.45, 2.75) is 25.3 Å². The molecule has 6 nitrogen and oxygen atoms in total. The molecule has 0 saturated carbocycles. The number of piperidine rings is 1. The second-order valence-corrected chi connectivity index (χ2v) is 6.89. The van der Waals surface area contributed by atoms with E-state index in [0.29, 0.717) is 5.92 Å². The average Bonchev–Trinajstić information content (AvgIpc) is 3.17. The van der Waals surface area contributed by atoms with E-state index in [-0.39, 0.29) is 5.69 Å². The first-order chi connectivity index (χ1) is 13.2.